The number of methoxy groups -OCH3 is 4. The first-order valence-corrected chi connectivity index (χ1v) is 15.9. The van der Waals surface area contributed by atoms with Crippen LogP contribution in [0.2, 0.25) is 0 Å². The summed E-state index contributed by atoms with van der Waals surface area (Å²) in [6.07, 6.45) is 14.3. The van der Waals surface area contributed by atoms with Crippen LogP contribution in [0, 0.1) is 0 Å². The van der Waals surface area contributed by atoms with Crippen LogP contribution >= 0.6 is 0 Å². The van der Waals surface area contributed by atoms with Crippen LogP contribution in [0.3, 0.4) is 0 Å². The number of aromatic nitrogens is 1. The second-order valence-electron chi connectivity index (χ2n) is 9.98. The van der Waals surface area contributed by atoms with Gasteiger partial charge in [-0.1, -0.05) is 70.8 Å². The van der Waals surface area contributed by atoms with Crippen LogP contribution in [-0.4, -0.2) is 53.0 Å². The highest BCUT2D eigenvalue weighted by molar-refractivity contribution is 7.80. The van der Waals surface area contributed by atoms with E-state index in [-0.39, 0.29) is 6.61 Å². The SMILES string of the molecule is CCCCCCCCCCCCOS(=O)(=O)O.COc1ccc(Cc2nccc3cc(OC)c(OC)cc23)cc1OC. The monoisotopic (exact) mass is 605 g/mol. The molecule has 3 rings (SSSR count). The summed E-state index contributed by atoms with van der Waals surface area (Å²) in [4.78, 5) is 4.56. The molecule has 0 atom stereocenters. The Morgan fingerprint density at radius 1 is 0.690 bits per heavy atom. The molecular formula is C32H47NO8S. The molecule has 10 heteroatoms. The maximum atomic E-state index is 10.2. The Labute approximate surface area is 251 Å². The van der Waals surface area contributed by atoms with Crippen molar-refractivity contribution in [1.29, 1.82) is 0 Å². The van der Waals surface area contributed by atoms with Gasteiger partial charge in [0.05, 0.1) is 40.7 Å². The van der Waals surface area contributed by atoms with Gasteiger partial charge in [-0.15, -0.1) is 0 Å². The first-order valence-electron chi connectivity index (χ1n) is 14.6. The number of nitrogens with zero attached hydrogens (tertiary/aromatic N) is 1. The molecule has 0 radical (unpaired) electrons. The van der Waals surface area contributed by atoms with Crippen molar-refractivity contribution in [1.82, 2.24) is 4.98 Å². The standard InChI is InChI=1S/C20H21NO4.C12H26O4S/c1-22-17-6-5-13(10-18(17)23-2)9-16-15-12-20(25-4)19(24-3)11-14(15)7-8-21-16;1-2-3-4-5-6-7-8-9-10-11-12-16-17(13,14)15/h5-8,10-12H,9H2,1-4H3;2-12H2,1H3,(H,13,14,15). The molecule has 0 amide bonds. The fourth-order valence-electron chi connectivity index (χ4n) is 4.64. The molecule has 2 aromatic carbocycles. The van der Waals surface area contributed by atoms with Gasteiger partial charge in [0.1, 0.15) is 0 Å². The summed E-state index contributed by atoms with van der Waals surface area (Å²) in [5.41, 5.74) is 2.05. The first kappa shape index (κ1) is 35.1. The molecule has 0 aliphatic carbocycles. The van der Waals surface area contributed by atoms with Crippen LogP contribution in [-0.2, 0) is 21.0 Å². The summed E-state index contributed by atoms with van der Waals surface area (Å²) in [5.74, 6) is 2.82. The highest BCUT2D eigenvalue weighted by Gasteiger charge is 2.12. The van der Waals surface area contributed by atoms with Crippen LogP contribution in [0.5, 0.6) is 23.0 Å². The quantitative estimate of drug-likeness (QED) is 0.116. The zero-order valence-corrected chi connectivity index (χ0v) is 26.5. The van der Waals surface area contributed by atoms with E-state index in [1.54, 1.807) is 28.4 Å². The normalized spacial score (nSPS) is 11.1. The topological polar surface area (TPSA) is 113 Å². The van der Waals surface area contributed by atoms with Crippen molar-refractivity contribution >= 4 is 21.2 Å². The summed E-state index contributed by atoms with van der Waals surface area (Å²) in [7, 11) is 2.30. The van der Waals surface area contributed by atoms with E-state index in [0.717, 1.165) is 34.9 Å². The third-order valence-electron chi connectivity index (χ3n) is 6.90. The smallest absolute Gasteiger partial charge is 0.397 e. The van der Waals surface area contributed by atoms with Gasteiger partial charge in [-0.3, -0.25) is 9.54 Å². The molecule has 3 aromatic rings. The molecule has 0 spiro atoms. The molecule has 42 heavy (non-hydrogen) atoms. The van der Waals surface area contributed by atoms with Gasteiger partial charge in [-0.05, 0) is 47.7 Å². The number of hydrogen-bond donors (Lipinski definition) is 1. The summed E-state index contributed by atoms with van der Waals surface area (Å²) in [6.45, 7) is 2.31. The molecule has 0 saturated carbocycles. The predicted molar refractivity (Wildman–Crippen MR) is 167 cm³/mol. The first-order chi connectivity index (χ1) is 20.3. The number of benzene rings is 2. The Morgan fingerprint density at radius 2 is 1.24 bits per heavy atom. The van der Waals surface area contributed by atoms with Crippen molar-refractivity contribution in [2.75, 3.05) is 35.0 Å². The molecule has 1 N–H and O–H groups in total. The predicted octanol–water partition coefficient (Wildman–Crippen LogP) is 7.59. The number of fused-ring (bicyclic) bond motifs is 1. The summed E-state index contributed by atoms with van der Waals surface area (Å²) < 4.78 is 54.5. The summed E-state index contributed by atoms with van der Waals surface area (Å²) in [6, 6.07) is 11.8. The highest BCUT2D eigenvalue weighted by Crippen LogP contribution is 2.34. The molecule has 9 nitrogen and oxygen atoms in total. The minimum absolute atomic E-state index is 0.0926. The van der Waals surface area contributed by atoms with Gasteiger partial charge in [0.2, 0.25) is 0 Å². The van der Waals surface area contributed by atoms with Gasteiger partial charge < -0.3 is 18.9 Å². The average Bonchev–Trinajstić information content (AvgIpc) is 2.99. The van der Waals surface area contributed by atoms with Crippen LogP contribution in [0.15, 0.2) is 42.6 Å². The Kier molecular flexibility index (Phi) is 16.0. The van der Waals surface area contributed by atoms with E-state index in [9.17, 15) is 8.42 Å². The third-order valence-corrected chi connectivity index (χ3v) is 7.37. The van der Waals surface area contributed by atoms with Crippen LogP contribution < -0.4 is 18.9 Å². The molecule has 0 aliphatic rings. The fraction of sp³-hybridized carbons (Fsp3) is 0.531. The van der Waals surface area contributed by atoms with Crippen molar-refractivity contribution in [3.8, 4) is 23.0 Å². The Bertz CT molecular complexity index is 1310. The van der Waals surface area contributed by atoms with Gasteiger partial charge in [-0.2, -0.15) is 8.42 Å². The van der Waals surface area contributed by atoms with Crippen molar-refractivity contribution in [2.24, 2.45) is 0 Å². The summed E-state index contributed by atoms with van der Waals surface area (Å²) in [5, 5.41) is 2.10. The van der Waals surface area contributed by atoms with Crippen LogP contribution in [0.1, 0.15) is 82.4 Å². The number of pyridine rings is 1. The van der Waals surface area contributed by atoms with Crippen LogP contribution in [0.4, 0.5) is 0 Å². The molecular weight excluding hydrogens is 558 g/mol. The average molecular weight is 606 g/mol. The molecule has 234 valence electrons. The van der Waals surface area contributed by atoms with E-state index in [4.69, 9.17) is 23.5 Å². The van der Waals surface area contributed by atoms with Crippen molar-refractivity contribution in [2.45, 2.75) is 77.6 Å². The van der Waals surface area contributed by atoms with E-state index in [1.165, 1.54) is 44.9 Å². The van der Waals surface area contributed by atoms with Gasteiger partial charge >= 0.3 is 10.4 Å². The fourth-order valence-corrected chi connectivity index (χ4v) is 4.97. The second kappa shape index (κ2) is 19.2. The molecule has 0 fully saturated rings. The van der Waals surface area contributed by atoms with E-state index in [0.29, 0.717) is 35.8 Å². The molecule has 0 aliphatic heterocycles. The molecule has 0 unspecified atom stereocenters. The lowest BCUT2D eigenvalue weighted by Crippen LogP contribution is -2.04. The minimum atomic E-state index is -4.23. The van der Waals surface area contributed by atoms with Crippen molar-refractivity contribution in [3.05, 3.63) is 53.9 Å². The number of hydrogen-bond acceptors (Lipinski definition) is 8. The third kappa shape index (κ3) is 12.4. The van der Waals surface area contributed by atoms with Gasteiger partial charge in [0, 0.05) is 18.0 Å². The highest BCUT2D eigenvalue weighted by atomic mass is 32.3. The number of ether oxygens (including phenoxy) is 4. The van der Waals surface area contributed by atoms with E-state index < -0.39 is 10.4 Å². The molecule has 0 saturated heterocycles. The van der Waals surface area contributed by atoms with E-state index in [2.05, 4.69) is 16.1 Å². The zero-order chi connectivity index (χ0) is 30.8. The maximum Gasteiger partial charge on any atom is 0.397 e. The molecule has 0 bridgehead atoms. The summed E-state index contributed by atoms with van der Waals surface area (Å²) >= 11 is 0. The lowest BCUT2D eigenvalue weighted by atomic mass is 10.0. The Hall–Kier alpha value is -3.08. The zero-order valence-electron chi connectivity index (χ0n) is 25.7. The van der Waals surface area contributed by atoms with Gasteiger partial charge in [0.25, 0.3) is 0 Å². The molecule has 1 heterocycles. The largest absolute Gasteiger partial charge is 0.493 e. The van der Waals surface area contributed by atoms with Crippen molar-refractivity contribution in [3.63, 3.8) is 0 Å². The lowest BCUT2D eigenvalue weighted by Gasteiger charge is -2.12. The minimum Gasteiger partial charge on any atom is -0.493 e. The lowest BCUT2D eigenvalue weighted by molar-refractivity contribution is 0.261. The Morgan fingerprint density at radius 3 is 1.81 bits per heavy atom. The Balaban J connectivity index is 0.000000319. The number of unbranched alkanes of at least 4 members (excludes halogenated alkanes) is 9. The van der Waals surface area contributed by atoms with Crippen molar-refractivity contribution < 1.29 is 36.1 Å². The maximum absolute atomic E-state index is 10.2. The van der Waals surface area contributed by atoms with Gasteiger partial charge in [-0.25, -0.2) is 4.18 Å². The van der Waals surface area contributed by atoms with E-state index in [1.807, 2.05) is 42.6 Å². The molecule has 1 aromatic heterocycles. The van der Waals surface area contributed by atoms with Crippen LogP contribution in [0.25, 0.3) is 10.8 Å². The van der Waals surface area contributed by atoms with E-state index >= 15 is 0 Å². The van der Waals surface area contributed by atoms with Gasteiger partial charge in [0.15, 0.2) is 23.0 Å². The number of rotatable bonds is 18. The second-order valence-corrected chi connectivity index (χ2v) is 11.1.